The molecule has 3 N–H and O–H groups in total. The van der Waals surface area contributed by atoms with Crippen LogP contribution in [0.2, 0.25) is 0 Å². The van der Waals surface area contributed by atoms with E-state index in [1.165, 1.54) is 19.3 Å². The second kappa shape index (κ2) is 4.63. The van der Waals surface area contributed by atoms with Crippen LogP contribution >= 0.6 is 11.8 Å². The van der Waals surface area contributed by atoms with Crippen LogP contribution in [0.1, 0.15) is 38.1 Å². The molecular weight excluding hydrogens is 224 g/mol. The molecule has 0 saturated heterocycles. The van der Waals surface area contributed by atoms with Gasteiger partial charge in [0, 0.05) is 11.3 Å². The van der Waals surface area contributed by atoms with E-state index in [0.29, 0.717) is 16.7 Å². The van der Waals surface area contributed by atoms with E-state index in [0.717, 1.165) is 6.54 Å². The van der Waals surface area contributed by atoms with Gasteiger partial charge in [0.1, 0.15) is 0 Å². The Morgan fingerprint density at radius 2 is 2.31 bits per heavy atom. The van der Waals surface area contributed by atoms with Crippen LogP contribution in [0.15, 0.2) is 4.42 Å². The van der Waals surface area contributed by atoms with Crippen LogP contribution < -0.4 is 11.1 Å². The molecule has 0 amide bonds. The lowest BCUT2D eigenvalue weighted by atomic mass is 9.84. The van der Waals surface area contributed by atoms with Gasteiger partial charge >= 0.3 is 6.01 Å². The Labute approximate surface area is 99.6 Å². The van der Waals surface area contributed by atoms with E-state index in [1.54, 1.807) is 0 Å². The second-order valence-corrected chi connectivity index (χ2v) is 5.60. The highest BCUT2D eigenvalue weighted by molar-refractivity contribution is 8.00. The molecular formula is C10H18N4OS. The van der Waals surface area contributed by atoms with Crippen molar-refractivity contribution in [2.75, 3.05) is 18.1 Å². The fourth-order valence-electron chi connectivity index (χ4n) is 1.75. The van der Waals surface area contributed by atoms with Crippen molar-refractivity contribution in [1.29, 1.82) is 0 Å². The fraction of sp³-hybridized carbons (Fsp3) is 0.800. The van der Waals surface area contributed by atoms with E-state index >= 15 is 0 Å². The minimum atomic E-state index is -0.207. The molecule has 0 bridgehead atoms. The molecule has 1 aliphatic carbocycles. The average Bonchev–Trinajstić information content (AvgIpc) is 2.65. The Hall–Kier alpha value is -0.750. The highest BCUT2D eigenvalue weighted by atomic mass is 32.2. The predicted octanol–water partition coefficient (Wildman–Crippen LogP) is 1.79. The van der Waals surface area contributed by atoms with E-state index in [-0.39, 0.29) is 6.04 Å². The molecule has 1 unspecified atom stereocenters. The summed E-state index contributed by atoms with van der Waals surface area (Å²) in [6.45, 7) is 2.71. The number of hydrogen-bond donors (Lipinski definition) is 2. The van der Waals surface area contributed by atoms with Gasteiger partial charge in [-0.3, -0.25) is 0 Å². The van der Waals surface area contributed by atoms with E-state index in [1.807, 2.05) is 18.7 Å². The minimum absolute atomic E-state index is 0.207. The van der Waals surface area contributed by atoms with Crippen molar-refractivity contribution >= 4 is 17.8 Å². The van der Waals surface area contributed by atoms with Crippen LogP contribution in [-0.4, -0.2) is 27.7 Å². The van der Waals surface area contributed by atoms with Crippen molar-refractivity contribution in [2.45, 2.75) is 37.0 Å². The Morgan fingerprint density at radius 3 is 2.75 bits per heavy atom. The first kappa shape index (κ1) is 11.7. The molecule has 16 heavy (non-hydrogen) atoms. The monoisotopic (exact) mass is 242 g/mol. The molecule has 1 saturated carbocycles. The van der Waals surface area contributed by atoms with Crippen molar-refractivity contribution in [3.05, 3.63) is 5.89 Å². The molecule has 6 heteroatoms. The zero-order valence-electron chi connectivity index (χ0n) is 9.69. The Morgan fingerprint density at radius 1 is 1.56 bits per heavy atom. The van der Waals surface area contributed by atoms with Crippen LogP contribution in [0.5, 0.6) is 0 Å². The summed E-state index contributed by atoms with van der Waals surface area (Å²) in [5.74, 6) is 0.481. The van der Waals surface area contributed by atoms with Gasteiger partial charge in [-0.05, 0) is 26.0 Å². The van der Waals surface area contributed by atoms with E-state index in [2.05, 4.69) is 21.8 Å². The topological polar surface area (TPSA) is 77.0 Å². The lowest BCUT2D eigenvalue weighted by Gasteiger charge is -2.40. The van der Waals surface area contributed by atoms with Crippen LogP contribution in [0.25, 0.3) is 0 Å². The first-order valence-corrected chi connectivity index (χ1v) is 6.76. The van der Waals surface area contributed by atoms with Gasteiger partial charge in [-0.1, -0.05) is 11.5 Å². The average molecular weight is 242 g/mol. The summed E-state index contributed by atoms with van der Waals surface area (Å²) < 4.78 is 5.75. The highest BCUT2D eigenvalue weighted by Crippen LogP contribution is 2.42. The Kier molecular flexibility index (Phi) is 3.39. The SMILES string of the molecule is CSC1(CNc2nnc(C(C)N)o2)CCC1. The van der Waals surface area contributed by atoms with Gasteiger partial charge < -0.3 is 15.5 Å². The minimum Gasteiger partial charge on any atom is -0.406 e. The van der Waals surface area contributed by atoms with Crippen LogP contribution in [0, 0.1) is 0 Å². The number of rotatable bonds is 5. The molecule has 1 heterocycles. The molecule has 0 aromatic carbocycles. The van der Waals surface area contributed by atoms with Crippen LogP contribution in [0.4, 0.5) is 6.01 Å². The maximum absolute atomic E-state index is 5.64. The fourth-order valence-corrected chi connectivity index (χ4v) is 2.66. The molecule has 1 atom stereocenters. The van der Waals surface area contributed by atoms with Gasteiger partial charge in [0.15, 0.2) is 0 Å². The van der Waals surface area contributed by atoms with Crippen LogP contribution in [0.3, 0.4) is 0 Å². The van der Waals surface area contributed by atoms with Crippen molar-refractivity contribution in [2.24, 2.45) is 5.73 Å². The summed E-state index contributed by atoms with van der Waals surface area (Å²) in [7, 11) is 0. The maximum Gasteiger partial charge on any atom is 0.315 e. The predicted molar refractivity (Wildman–Crippen MR) is 65.5 cm³/mol. The van der Waals surface area contributed by atoms with Gasteiger partial charge in [0.2, 0.25) is 5.89 Å². The zero-order valence-corrected chi connectivity index (χ0v) is 10.5. The molecule has 1 aromatic rings. The molecule has 0 aliphatic heterocycles. The number of anilines is 1. The van der Waals surface area contributed by atoms with Crippen molar-refractivity contribution in [3.63, 3.8) is 0 Å². The van der Waals surface area contributed by atoms with Crippen LogP contribution in [-0.2, 0) is 0 Å². The number of thioether (sulfide) groups is 1. The van der Waals surface area contributed by atoms with E-state index in [9.17, 15) is 0 Å². The van der Waals surface area contributed by atoms with Gasteiger partial charge in [-0.15, -0.1) is 5.10 Å². The second-order valence-electron chi connectivity index (χ2n) is 4.33. The Balaban J connectivity index is 1.89. The van der Waals surface area contributed by atoms with Crippen molar-refractivity contribution < 1.29 is 4.42 Å². The number of nitrogens with one attached hydrogen (secondary N) is 1. The van der Waals surface area contributed by atoms with Crippen molar-refractivity contribution in [3.8, 4) is 0 Å². The zero-order chi connectivity index (χ0) is 11.6. The van der Waals surface area contributed by atoms with Gasteiger partial charge in [0.25, 0.3) is 0 Å². The third kappa shape index (κ3) is 2.32. The Bertz CT molecular complexity index is 343. The quantitative estimate of drug-likeness (QED) is 0.819. The number of nitrogens with zero attached hydrogens (tertiary/aromatic N) is 2. The molecule has 1 aliphatic rings. The largest absolute Gasteiger partial charge is 0.406 e. The number of nitrogens with two attached hydrogens (primary N) is 1. The molecule has 1 aromatic heterocycles. The lowest BCUT2D eigenvalue weighted by molar-refractivity contribution is 0.375. The normalized spacial score (nSPS) is 20.2. The summed E-state index contributed by atoms with van der Waals surface area (Å²) in [4.78, 5) is 0. The molecule has 90 valence electrons. The summed E-state index contributed by atoms with van der Waals surface area (Å²) in [5.41, 5.74) is 5.64. The molecule has 1 fully saturated rings. The standard InChI is InChI=1S/C10H18N4OS/c1-7(11)8-13-14-9(15-8)12-6-10(16-2)4-3-5-10/h7H,3-6,11H2,1-2H3,(H,12,14). The molecule has 5 nitrogen and oxygen atoms in total. The molecule has 0 radical (unpaired) electrons. The summed E-state index contributed by atoms with van der Waals surface area (Å²) in [5, 5.41) is 11.0. The smallest absolute Gasteiger partial charge is 0.315 e. The first-order chi connectivity index (χ1) is 7.65. The third-order valence-electron chi connectivity index (χ3n) is 3.09. The highest BCUT2D eigenvalue weighted by Gasteiger charge is 2.36. The molecule has 2 rings (SSSR count). The summed E-state index contributed by atoms with van der Waals surface area (Å²) in [6.07, 6.45) is 5.99. The summed E-state index contributed by atoms with van der Waals surface area (Å²) >= 11 is 1.91. The van der Waals surface area contributed by atoms with Crippen molar-refractivity contribution in [1.82, 2.24) is 10.2 Å². The third-order valence-corrected chi connectivity index (χ3v) is 4.51. The molecule has 0 spiro atoms. The maximum atomic E-state index is 5.64. The van der Waals surface area contributed by atoms with E-state index < -0.39 is 0 Å². The first-order valence-electron chi connectivity index (χ1n) is 5.53. The summed E-state index contributed by atoms with van der Waals surface area (Å²) in [6, 6.07) is 0.272. The van der Waals surface area contributed by atoms with Gasteiger partial charge in [-0.2, -0.15) is 11.8 Å². The van der Waals surface area contributed by atoms with E-state index in [4.69, 9.17) is 10.2 Å². The van der Waals surface area contributed by atoms with Gasteiger partial charge in [-0.25, -0.2) is 0 Å². The van der Waals surface area contributed by atoms with Gasteiger partial charge in [0.05, 0.1) is 6.04 Å². The lowest BCUT2D eigenvalue weighted by Crippen LogP contribution is -2.40. The number of hydrogen-bond acceptors (Lipinski definition) is 6. The number of aromatic nitrogens is 2.